The van der Waals surface area contributed by atoms with E-state index in [0.29, 0.717) is 17.7 Å². The van der Waals surface area contributed by atoms with Gasteiger partial charge in [0.2, 0.25) is 0 Å². The van der Waals surface area contributed by atoms with Crippen molar-refractivity contribution in [3.63, 3.8) is 0 Å². The topological polar surface area (TPSA) is 56.1 Å². The number of benzene rings is 1. The summed E-state index contributed by atoms with van der Waals surface area (Å²) in [6, 6.07) is 8.73. The molecule has 1 N–H and O–H groups in total. The highest BCUT2D eigenvalue weighted by Crippen LogP contribution is 2.03. The maximum atomic E-state index is 11.7. The molecule has 0 bridgehead atoms. The lowest BCUT2D eigenvalue weighted by molar-refractivity contribution is 0.0952. The Hall–Kier alpha value is -1.86. The predicted octanol–water partition coefficient (Wildman–Crippen LogP) is 1.24. The first kappa shape index (κ1) is 13.2. The van der Waals surface area contributed by atoms with Gasteiger partial charge in [-0.05, 0) is 45.3 Å². The minimum Gasteiger partial charge on any atom is -0.352 e. The summed E-state index contributed by atoms with van der Waals surface area (Å²) in [6.45, 7) is 1.59. The largest absolute Gasteiger partial charge is 0.352 e. The van der Waals surface area contributed by atoms with E-state index in [2.05, 4.69) is 10.2 Å². The van der Waals surface area contributed by atoms with Crippen LogP contribution in [0.4, 0.5) is 0 Å². The van der Waals surface area contributed by atoms with Gasteiger partial charge in [0, 0.05) is 12.1 Å². The van der Waals surface area contributed by atoms with Gasteiger partial charge >= 0.3 is 0 Å². The number of amides is 1. The molecule has 0 aromatic heterocycles. The highest BCUT2D eigenvalue weighted by atomic mass is 16.1. The van der Waals surface area contributed by atoms with Crippen LogP contribution in [0.25, 0.3) is 0 Å². The maximum absolute atomic E-state index is 11.7. The molecule has 0 aliphatic heterocycles. The molecule has 0 heterocycles. The van der Waals surface area contributed by atoms with Crippen molar-refractivity contribution in [3.05, 3.63) is 35.4 Å². The zero-order valence-corrected chi connectivity index (χ0v) is 10.2. The summed E-state index contributed by atoms with van der Waals surface area (Å²) in [6.07, 6.45) is 0.913. The molecule has 17 heavy (non-hydrogen) atoms. The number of carbonyl (C=O) groups excluding carboxylic acids is 1. The first-order valence-electron chi connectivity index (χ1n) is 5.56. The van der Waals surface area contributed by atoms with Gasteiger partial charge in [-0.1, -0.05) is 6.07 Å². The Labute approximate surface area is 102 Å². The van der Waals surface area contributed by atoms with Crippen molar-refractivity contribution in [1.82, 2.24) is 10.2 Å². The molecular weight excluding hydrogens is 214 g/mol. The van der Waals surface area contributed by atoms with Gasteiger partial charge in [0.05, 0.1) is 11.6 Å². The lowest BCUT2D eigenvalue weighted by Crippen LogP contribution is -2.27. The lowest BCUT2D eigenvalue weighted by atomic mass is 10.1. The zero-order valence-electron chi connectivity index (χ0n) is 10.2. The molecule has 4 heteroatoms. The molecule has 0 fully saturated rings. The molecule has 90 valence electrons. The van der Waals surface area contributed by atoms with Crippen molar-refractivity contribution in [3.8, 4) is 6.07 Å². The van der Waals surface area contributed by atoms with Crippen LogP contribution >= 0.6 is 0 Å². The first-order valence-corrected chi connectivity index (χ1v) is 5.56. The van der Waals surface area contributed by atoms with E-state index in [1.807, 2.05) is 20.2 Å². The molecule has 4 nitrogen and oxygen atoms in total. The number of nitriles is 1. The molecule has 0 spiro atoms. The number of hydrogen-bond donors (Lipinski definition) is 1. The molecule has 0 unspecified atom stereocenters. The van der Waals surface area contributed by atoms with Gasteiger partial charge in [0.15, 0.2) is 0 Å². The number of hydrogen-bond acceptors (Lipinski definition) is 3. The SMILES string of the molecule is CN(C)CCCNC(=O)c1cccc(C#N)c1. The van der Waals surface area contributed by atoms with E-state index in [1.165, 1.54) is 0 Å². The molecule has 1 rings (SSSR count). The molecule has 1 aromatic rings. The van der Waals surface area contributed by atoms with Crippen LogP contribution < -0.4 is 5.32 Å². The highest BCUT2D eigenvalue weighted by Gasteiger charge is 2.05. The van der Waals surface area contributed by atoms with Gasteiger partial charge in [-0.3, -0.25) is 4.79 Å². The van der Waals surface area contributed by atoms with Crippen LogP contribution in [0.5, 0.6) is 0 Å². The van der Waals surface area contributed by atoms with Gasteiger partial charge in [-0.15, -0.1) is 0 Å². The maximum Gasteiger partial charge on any atom is 0.251 e. The van der Waals surface area contributed by atoms with E-state index in [4.69, 9.17) is 5.26 Å². The van der Waals surface area contributed by atoms with Crippen LogP contribution in [0.1, 0.15) is 22.3 Å². The molecular formula is C13H17N3O. The van der Waals surface area contributed by atoms with E-state index in [9.17, 15) is 4.79 Å². The van der Waals surface area contributed by atoms with E-state index in [0.717, 1.165) is 13.0 Å². The molecule has 0 radical (unpaired) electrons. The monoisotopic (exact) mass is 231 g/mol. The zero-order chi connectivity index (χ0) is 12.7. The lowest BCUT2D eigenvalue weighted by Gasteiger charge is -2.09. The second-order valence-corrected chi connectivity index (χ2v) is 4.11. The van der Waals surface area contributed by atoms with Gasteiger partial charge < -0.3 is 10.2 Å². The quantitative estimate of drug-likeness (QED) is 0.776. The fraction of sp³-hybridized carbons (Fsp3) is 0.385. The van der Waals surface area contributed by atoms with Gasteiger partial charge in [-0.2, -0.15) is 5.26 Å². The Morgan fingerprint density at radius 3 is 2.88 bits per heavy atom. The number of nitrogens with one attached hydrogen (secondary N) is 1. The van der Waals surface area contributed by atoms with E-state index >= 15 is 0 Å². The third-order valence-corrected chi connectivity index (χ3v) is 2.32. The molecule has 1 aromatic carbocycles. The van der Waals surface area contributed by atoms with E-state index < -0.39 is 0 Å². The smallest absolute Gasteiger partial charge is 0.251 e. The van der Waals surface area contributed by atoms with Crippen molar-refractivity contribution in [2.75, 3.05) is 27.2 Å². The van der Waals surface area contributed by atoms with Crippen LogP contribution in [0.3, 0.4) is 0 Å². The molecule has 1 amide bonds. The van der Waals surface area contributed by atoms with Crippen LogP contribution in [-0.2, 0) is 0 Å². The summed E-state index contributed by atoms with van der Waals surface area (Å²) in [7, 11) is 4.00. The van der Waals surface area contributed by atoms with Crippen LogP contribution in [0.15, 0.2) is 24.3 Å². The van der Waals surface area contributed by atoms with E-state index in [1.54, 1.807) is 24.3 Å². The fourth-order valence-electron chi connectivity index (χ4n) is 1.43. The van der Waals surface area contributed by atoms with Gasteiger partial charge in [0.1, 0.15) is 0 Å². The standard InChI is InChI=1S/C13H17N3O/c1-16(2)8-4-7-15-13(17)12-6-3-5-11(9-12)10-14/h3,5-6,9H,4,7-8H2,1-2H3,(H,15,17). The molecule has 0 aliphatic rings. The van der Waals surface area contributed by atoms with Crippen molar-refractivity contribution < 1.29 is 4.79 Å². The number of rotatable bonds is 5. The minimum absolute atomic E-state index is 0.124. The molecule has 0 saturated carbocycles. The Morgan fingerprint density at radius 1 is 1.47 bits per heavy atom. The summed E-state index contributed by atoms with van der Waals surface area (Å²) >= 11 is 0. The minimum atomic E-state index is -0.124. The Kier molecular flexibility index (Phi) is 5.18. The third-order valence-electron chi connectivity index (χ3n) is 2.32. The van der Waals surface area contributed by atoms with Crippen molar-refractivity contribution in [1.29, 1.82) is 5.26 Å². The summed E-state index contributed by atoms with van der Waals surface area (Å²) in [4.78, 5) is 13.8. The van der Waals surface area contributed by atoms with Crippen molar-refractivity contribution in [2.24, 2.45) is 0 Å². The summed E-state index contributed by atoms with van der Waals surface area (Å²) in [5, 5.41) is 11.6. The fourth-order valence-corrected chi connectivity index (χ4v) is 1.43. The van der Waals surface area contributed by atoms with Crippen LogP contribution in [-0.4, -0.2) is 38.0 Å². The summed E-state index contributed by atoms with van der Waals surface area (Å²) in [5.41, 5.74) is 1.04. The Morgan fingerprint density at radius 2 is 2.24 bits per heavy atom. The second-order valence-electron chi connectivity index (χ2n) is 4.11. The third kappa shape index (κ3) is 4.66. The van der Waals surface area contributed by atoms with Crippen LogP contribution in [0.2, 0.25) is 0 Å². The molecule has 0 aliphatic carbocycles. The van der Waals surface area contributed by atoms with Crippen molar-refractivity contribution in [2.45, 2.75) is 6.42 Å². The Balaban J connectivity index is 2.44. The van der Waals surface area contributed by atoms with Crippen LogP contribution in [0, 0.1) is 11.3 Å². The predicted molar refractivity (Wildman–Crippen MR) is 66.7 cm³/mol. The Bertz CT molecular complexity index is 421. The van der Waals surface area contributed by atoms with Crippen molar-refractivity contribution >= 4 is 5.91 Å². The first-order chi connectivity index (χ1) is 8.13. The van der Waals surface area contributed by atoms with E-state index in [-0.39, 0.29) is 5.91 Å². The normalized spacial score (nSPS) is 10.0. The average molecular weight is 231 g/mol. The number of nitrogens with zero attached hydrogens (tertiary/aromatic N) is 2. The van der Waals surface area contributed by atoms with Gasteiger partial charge in [-0.25, -0.2) is 0 Å². The summed E-state index contributed by atoms with van der Waals surface area (Å²) < 4.78 is 0. The average Bonchev–Trinajstić information content (AvgIpc) is 2.34. The molecule has 0 atom stereocenters. The number of carbonyl (C=O) groups is 1. The molecule has 0 saturated heterocycles. The summed E-state index contributed by atoms with van der Waals surface area (Å²) in [5.74, 6) is -0.124. The van der Waals surface area contributed by atoms with Gasteiger partial charge in [0.25, 0.3) is 5.91 Å². The second kappa shape index (κ2) is 6.66. The highest BCUT2D eigenvalue weighted by molar-refractivity contribution is 5.94.